The summed E-state index contributed by atoms with van der Waals surface area (Å²) in [6.07, 6.45) is 0. The number of hydrogen-bond donors (Lipinski definition) is 3. The summed E-state index contributed by atoms with van der Waals surface area (Å²) in [5, 5.41) is 2.73. The molecule has 5 nitrogen and oxygen atoms in total. The van der Waals surface area contributed by atoms with Crippen LogP contribution in [-0.2, 0) is 6.61 Å². The summed E-state index contributed by atoms with van der Waals surface area (Å²) in [6, 6.07) is 21.6. The van der Waals surface area contributed by atoms with Crippen LogP contribution in [0.15, 0.2) is 66.7 Å². The van der Waals surface area contributed by atoms with Gasteiger partial charge in [0.2, 0.25) is 0 Å². The van der Waals surface area contributed by atoms with Crippen LogP contribution in [0.2, 0.25) is 0 Å². The molecule has 3 aromatic carbocycles. The molecule has 0 unspecified atom stereocenters. The maximum atomic E-state index is 11.6. The lowest BCUT2D eigenvalue weighted by Crippen LogP contribution is -2.34. The number of hydrazine groups is 1. The van der Waals surface area contributed by atoms with E-state index in [0.717, 1.165) is 33.6 Å². The molecule has 0 aliphatic heterocycles. The van der Waals surface area contributed by atoms with Crippen molar-refractivity contribution in [3.63, 3.8) is 0 Å². The molecule has 138 valence electrons. The van der Waals surface area contributed by atoms with Gasteiger partial charge in [-0.3, -0.25) is 5.43 Å². The van der Waals surface area contributed by atoms with E-state index in [9.17, 15) is 4.79 Å². The van der Waals surface area contributed by atoms with E-state index in [1.807, 2.05) is 62.4 Å². The van der Waals surface area contributed by atoms with Gasteiger partial charge < -0.3 is 10.1 Å². The average Bonchev–Trinajstić information content (AvgIpc) is 2.67. The SMILES string of the molecule is Cc1cc(OCc2c(C)cccc2NC(=O)NN)cc(-c2ccccc2)c1. The first kappa shape index (κ1) is 18.5. The molecule has 0 spiro atoms. The minimum absolute atomic E-state index is 0.338. The fourth-order valence-electron chi connectivity index (χ4n) is 2.95. The molecular formula is C22H23N3O2. The van der Waals surface area contributed by atoms with E-state index >= 15 is 0 Å². The second-order valence-corrected chi connectivity index (χ2v) is 6.39. The minimum atomic E-state index is -0.469. The van der Waals surface area contributed by atoms with E-state index < -0.39 is 6.03 Å². The zero-order valence-corrected chi connectivity index (χ0v) is 15.5. The molecule has 4 N–H and O–H groups in total. The van der Waals surface area contributed by atoms with Gasteiger partial charge in [-0.05, 0) is 54.3 Å². The summed E-state index contributed by atoms with van der Waals surface area (Å²) in [4.78, 5) is 11.6. The van der Waals surface area contributed by atoms with Crippen molar-refractivity contribution in [3.05, 3.63) is 83.4 Å². The summed E-state index contributed by atoms with van der Waals surface area (Å²) in [5.41, 5.74) is 8.06. The van der Waals surface area contributed by atoms with Crippen LogP contribution in [0.25, 0.3) is 11.1 Å². The van der Waals surface area contributed by atoms with Crippen molar-refractivity contribution in [2.24, 2.45) is 5.84 Å². The number of benzene rings is 3. The van der Waals surface area contributed by atoms with Crippen LogP contribution in [0.3, 0.4) is 0 Å². The van der Waals surface area contributed by atoms with Gasteiger partial charge >= 0.3 is 6.03 Å². The van der Waals surface area contributed by atoms with Crippen LogP contribution in [0.1, 0.15) is 16.7 Å². The zero-order chi connectivity index (χ0) is 19.2. The Kier molecular flexibility index (Phi) is 5.74. The van der Waals surface area contributed by atoms with E-state index in [0.29, 0.717) is 12.3 Å². The number of nitrogens with two attached hydrogens (primary N) is 1. The quantitative estimate of drug-likeness (QED) is 0.355. The summed E-state index contributed by atoms with van der Waals surface area (Å²) < 4.78 is 6.07. The van der Waals surface area contributed by atoms with Crippen molar-refractivity contribution >= 4 is 11.7 Å². The first-order valence-corrected chi connectivity index (χ1v) is 8.73. The summed E-state index contributed by atoms with van der Waals surface area (Å²) in [7, 11) is 0. The number of amides is 2. The molecule has 0 radical (unpaired) electrons. The van der Waals surface area contributed by atoms with Crippen LogP contribution >= 0.6 is 0 Å². The van der Waals surface area contributed by atoms with Crippen molar-refractivity contribution in [2.45, 2.75) is 20.5 Å². The van der Waals surface area contributed by atoms with Gasteiger partial charge in [0.1, 0.15) is 12.4 Å². The Labute approximate surface area is 159 Å². The van der Waals surface area contributed by atoms with E-state index in [1.165, 1.54) is 0 Å². The summed E-state index contributed by atoms with van der Waals surface area (Å²) in [5.74, 6) is 5.95. The molecule has 0 fully saturated rings. The Hall–Kier alpha value is -3.31. The maximum absolute atomic E-state index is 11.6. The standard InChI is InChI=1S/C22H23N3O2/c1-15-11-18(17-8-4-3-5-9-17)13-19(12-15)27-14-20-16(2)7-6-10-21(20)24-22(26)25-23/h3-13H,14,23H2,1-2H3,(H2,24,25,26). The molecule has 0 aliphatic carbocycles. The Bertz CT molecular complexity index is 940. The maximum Gasteiger partial charge on any atom is 0.333 e. The van der Waals surface area contributed by atoms with Crippen molar-refractivity contribution in [2.75, 3.05) is 5.32 Å². The molecule has 5 heteroatoms. The molecule has 0 aromatic heterocycles. The average molecular weight is 361 g/mol. The number of hydrogen-bond acceptors (Lipinski definition) is 3. The molecule has 0 atom stereocenters. The molecule has 0 saturated heterocycles. The van der Waals surface area contributed by atoms with Crippen LogP contribution < -0.4 is 21.3 Å². The lowest BCUT2D eigenvalue weighted by Gasteiger charge is -2.15. The van der Waals surface area contributed by atoms with E-state index in [4.69, 9.17) is 10.6 Å². The van der Waals surface area contributed by atoms with Gasteiger partial charge in [-0.2, -0.15) is 0 Å². The number of carbonyl (C=O) groups excluding carboxylic acids is 1. The monoisotopic (exact) mass is 361 g/mol. The third-order valence-electron chi connectivity index (χ3n) is 4.33. The zero-order valence-electron chi connectivity index (χ0n) is 15.5. The minimum Gasteiger partial charge on any atom is -0.489 e. The second kappa shape index (κ2) is 8.38. The van der Waals surface area contributed by atoms with Gasteiger partial charge in [0, 0.05) is 11.3 Å². The topological polar surface area (TPSA) is 76.4 Å². The largest absolute Gasteiger partial charge is 0.489 e. The number of ether oxygens (including phenoxy) is 1. The number of aryl methyl sites for hydroxylation is 2. The molecule has 3 aromatic rings. The molecular weight excluding hydrogens is 338 g/mol. The highest BCUT2D eigenvalue weighted by atomic mass is 16.5. The molecule has 3 rings (SSSR count). The third-order valence-corrected chi connectivity index (χ3v) is 4.33. The van der Waals surface area contributed by atoms with Crippen LogP contribution in [-0.4, -0.2) is 6.03 Å². The number of anilines is 1. The highest BCUT2D eigenvalue weighted by Gasteiger charge is 2.10. The number of urea groups is 1. The van der Waals surface area contributed by atoms with Gasteiger partial charge in [-0.1, -0.05) is 48.5 Å². The molecule has 0 saturated carbocycles. The van der Waals surface area contributed by atoms with Gasteiger partial charge in [-0.25, -0.2) is 10.6 Å². The summed E-state index contributed by atoms with van der Waals surface area (Å²) >= 11 is 0. The first-order chi connectivity index (χ1) is 13.1. The van der Waals surface area contributed by atoms with Gasteiger partial charge in [0.15, 0.2) is 0 Å². The highest BCUT2D eigenvalue weighted by molar-refractivity contribution is 5.89. The Balaban J connectivity index is 1.83. The van der Waals surface area contributed by atoms with Crippen LogP contribution in [0.5, 0.6) is 5.75 Å². The van der Waals surface area contributed by atoms with E-state index in [2.05, 4.69) is 28.9 Å². The Morgan fingerprint density at radius 2 is 1.74 bits per heavy atom. The van der Waals surface area contributed by atoms with Crippen molar-refractivity contribution in [3.8, 4) is 16.9 Å². The van der Waals surface area contributed by atoms with Crippen LogP contribution in [0.4, 0.5) is 10.5 Å². The molecule has 0 aliphatic rings. The second-order valence-electron chi connectivity index (χ2n) is 6.39. The van der Waals surface area contributed by atoms with Crippen LogP contribution in [0, 0.1) is 13.8 Å². The molecule has 0 heterocycles. The van der Waals surface area contributed by atoms with Gasteiger partial charge in [-0.15, -0.1) is 0 Å². The number of nitrogens with one attached hydrogen (secondary N) is 2. The smallest absolute Gasteiger partial charge is 0.333 e. The van der Waals surface area contributed by atoms with Crippen molar-refractivity contribution in [1.82, 2.24) is 5.43 Å². The lowest BCUT2D eigenvalue weighted by molar-refractivity contribution is 0.252. The number of carbonyl (C=O) groups is 1. The fraction of sp³-hybridized carbons (Fsp3) is 0.136. The lowest BCUT2D eigenvalue weighted by atomic mass is 10.0. The predicted octanol–water partition coefficient (Wildman–Crippen LogP) is 4.54. The Morgan fingerprint density at radius 1 is 0.963 bits per heavy atom. The summed E-state index contributed by atoms with van der Waals surface area (Å²) in [6.45, 7) is 4.37. The van der Waals surface area contributed by atoms with E-state index in [-0.39, 0.29) is 0 Å². The normalized spacial score (nSPS) is 10.3. The fourth-order valence-corrected chi connectivity index (χ4v) is 2.95. The molecule has 2 amide bonds. The predicted molar refractivity (Wildman–Crippen MR) is 108 cm³/mol. The first-order valence-electron chi connectivity index (χ1n) is 8.73. The molecule has 0 bridgehead atoms. The highest BCUT2D eigenvalue weighted by Crippen LogP contribution is 2.28. The number of rotatable bonds is 5. The van der Waals surface area contributed by atoms with Gasteiger partial charge in [0.05, 0.1) is 0 Å². The van der Waals surface area contributed by atoms with Gasteiger partial charge in [0.25, 0.3) is 0 Å². The Morgan fingerprint density at radius 3 is 2.48 bits per heavy atom. The third kappa shape index (κ3) is 4.65. The van der Waals surface area contributed by atoms with Crippen molar-refractivity contribution in [1.29, 1.82) is 0 Å². The van der Waals surface area contributed by atoms with E-state index in [1.54, 1.807) is 0 Å². The molecule has 27 heavy (non-hydrogen) atoms. The van der Waals surface area contributed by atoms with Crippen molar-refractivity contribution < 1.29 is 9.53 Å².